The van der Waals surface area contributed by atoms with Gasteiger partial charge in [0.2, 0.25) is 0 Å². The van der Waals surface area contributed by atoms with E-state index in [2.05, 4.69) is 15.6 Å². The van der Waals surface area contributed by atoms with Crippen molar-refractivity contribution in [2.24, 2.45) is 9.98 Å². The van der Waals surface area contributed by atoms with E-state index < -0.39 is 17.6 Å². The summed E-state index contributed by atoms with van der Waals surface area (Å²) in [6.45, 7) is 4.65. The molecule has 4 aliphatic rings. The number of anilines is 2. The number of allylic oxidation sites excluding steroid dienone is 3. The van der Waals surface area contributed by atoms with Crippen LogP contribution in [0.15, 0.2) is 91.7 Å². The summed E-state index contributed by atoms with van der Waals surface area (Å²) in [6.07, 6.45) is 10.7. The molecule has 0 aromatic heterocycles. The number of nitrogens with one attached hydrogen (secondary N) is 2. The Labute approximate surface area is 259 Å². The van der Waals surface area contributed by atoms with Gasteiger partial charge in [-0.25, -0.2) is 10.0 Å². The van der Waals surface area contributed by atoms with Gasteiger partial charge in [-0.15, -0.1) is 0 Å². The minimum atomic E-state index is -3.07. The van der Waals surface area contributed by atoms with Crippen molar-refractivity contribution in [3.63, 3.8) is 0 Å². The van der Waals surface area contributed by atoms with Crippen LogP contribution < -0.4 is 10.6 Å². The highest BCUT2D eigenvalue weighted by atomic mass is 32.2. The van der Waals surface area contributed by atoms with E-state index in [0.717, 1.165) is 50.6 Å². The molecular weight excluding hydrogens is 580 g/mol. The number of hydrazine groups is 1. The molecule has 4 aliphatic heterocycles. The summed E-state index contributed by atoms with van der Waals surface area (Å²) in [6, 6.07) is 12.2. The zero-order valence-corrected chi connectivity index (χ0v) is 25.5. The standard InChI is InChI=1S/C28H26N6O5S.C4H8/c1-33-26(36)28(38,39)27(37)34(33)15-16-4-6-17(7-5-16)25(35)31-19-8-9-22-21(13-19)32-24-23(40-22)20(10-12-30-24)18-3-2-11-29-14-18;1-3-4-2/h4-9,11,13-14,38-39H,2-3,10,12,15H2,1H3,(H,30,32)(H,31,35);3-4H,1-2H3/b;4-3-. The van der Waals surface area contributed by atoms with Gasteiger partial charge in [-0.1, -0.05) is 36.0 Å². The molecule has 12 heteroatoms. The Hall–Kier alpha value is -4.52. The average molecular weight is 615 g/mol. The van der Waals surface area contributed by atoms with Gasteiger partial charge in [0.15, 0.2) is 0 Å². The highest BCUT2D eigenvalue weighted by molar-refractivity contribution is 8.04. The van der Waals surface area contributed by atoms with Crippen molar-refractivity contribution in [1.82, 2.24) is 10.0 Å². The smallest absolute Gasteiger partial charge is 0.330 e. The highest BCUT2D eigenvalue weighted by Gasteiger charge is 2.55. The molecule has 2 aromatic rings. The first-order valence-electron chi connectivity index (χ1n) is 14.2. The van der Waals surface area contributed by atoms with E-state index in [9.17, 15) is 24.6 Å². The Morgan fingerprint density at radius 2 is 1.84 bits per heavy atom. The van der Waals surface area contributed by atoms with Crippen molar-refractivity contribution in [3.05, 3.63) is 88.0 Å². The second-order valence-electron chi connectivity index (χ2n) is 10.4. The predicted molar refractivity (Wildman–Crippen MR) is 171 cm³/mol. The fourth-order valence-electron chi connectivity index (χ4n) is 4.94. The highest BCUT2D eigenvalue weighted by Crippen LogP contribution is 2.44. The molecule has 1 saturated heterocycles. The van der Waals surface area contributed by atoms with Crippen LogP contribution in [0.25, 0.3) is 0 Å². The van der Waals surface area contributed by atoms with Crippen molar-refractivity contribution < 1.29 is 24.6 Å². The van der Waals surface area contributed by atoms with Gasteiger partial charge in [-0.05, 0) is 80.2 Å². The average Bonchev–Trinajstić information content (AvgIpc) is 3.19. The Bertz CT molecular complexity index is 1640. The van der Waals surface area contributed by atoms with Crippen molar-refractivity contribution in [2.75, 3.05) is 24.2 Å². The molecule has 1 fully saturated rings. The zero-order valence-electron chi connectivity index (χ0n) is 24.7. The van der Waals surface area contributed by atoms with Gasteiger partial charge in [0.1, 0.15) is 5.84 Å². The summed E-state index contributed by atoms with van der Waals surface area (Å²) < 4.78 is 0. The monoisotopic (exact) mass is 614 g/mol. The number of amidine groups is 1. The lowest BCUT2D eigenvalue weighted by atomic mass is 9.96. The van der Waals surface area contributed by atoms with Crippen LogP contribution in [0.3, 0.4) is 0 Å². The topological polar surface area (TPSA) is 147 Å². The van der Waals surface area contributed by atoms with Crippen LogP contribution in [0.2, 0.25) is 0 Å². The van der Waals surface area contributed by atoms with Gasteiger partial charge in [0.25, 0.3) is 5.91 Å². The summed E-state index contributed by atoms with van der Waals surface area (Å²) in [5, 5.41) is 27.6. The predicted octanol–water partition coefficient (Wildman–Crippen LogP) is 4.24. The maximum atomic E-state index is 12.9. The number of nitrogens with zero attached hydrogens (tertiary/aromatic N) is 4. The Morgan fingerprint density at radius 1 is 1.09 bits per heavy atom. The van der Waals surface area contributed by atoms with E-state index in [1.165, 1.54) is 18.2 Å². The Balaban J connectivity index is 0.000000906. The van der Waals surface area contributed by atoms with Crippen LogP contribution in [-0.4, -0.2) is 69.4 Å². The van der Waals surface area contributed by atoms with E-state index in [-0.39, 0.29) is 12.5 Å². The Kier molecular flexibility index (Phi) is 9.14. The number of carbonyl (C=O) groups excluding carboxylic acids is 3. The summed E-state index contributed by atoms with van der Waals surface area (Å²) in [5.41, 5.74) is 5.05. The first-order chi connectivity index (χ1) is 21.1. The number of dihydropyridines is 1. The molecule has 0 aliphatic carbocycles. The second kappa shape index (κ2) is 13.0. The lowest BCUT2D eigenvalue weighted by Gasteiger charge is -2.28. The van der Waals surface area contributed by atoms with Crippen LogP contribution in [-0.2, 0) is 16.1 Å². The zero-order chi connectivity index (χ0) is 31.4. The van der Waals surface area contributed by atoms with Crippen molar-refractivity contribution in [2.45, 2.75) is 50.3 Å². The summed E-state index contributed by atoms with van der Waals surface area (Å²) in [7, 11) is 1.28. The number of likely N-dealkylation sites (N-methyl/N-ethyl adjacent to an activating group) is 1. The van der Waals surface area contributed by atoms with Crippen LogP contribution in [0.4, 0.5) is 11.4 Å². The summed E-state index contributed by atoms with van der Waals surface area (Å²) in [5.74, 6) is -4.78. The third-order valence-electron chi connectivity index (χ3n) is 7.46. The van der Waals surface area contributed by atoms with E-state index in [1.54, 1.807) is 36.0 Å². The summed E-state index contributed by atoms with van der Waals surface area (Å²) >= 11 is 1.68. The van der Waals surface area contributed by atoms with Crippen molar-refractivity contribution in [3.8, 4) is 0 Å². The van der Waals surface area contributed by atoms with Crippen molar-refractivity contribution >= 4 is 52.9 Å². The number of benzene rings is 2. The number of thioether (sulfide) groups is 1. The maximum absolute atomic E-state index is 12.9. The van der Waals surface area contributed by atoms with Gasteiger partial charge in [-0.3, -0.25) is 24.4 Å². The molecule has 44 heavy (non-hydrogen) atoms. The minimum absolute atomic E-state index is 0.0630. The Morgan fingerprint density at radius 3 is 2.48 bits per heavy atom. The SMILES string of the molecule is C/C=C\C.CN1C(=O)C(O)(O)C(=O)N1Cc1ccc(C(=O)Nc2ccc3c(c2)NC2=NCCC(C4=CN=CCC4)=C2S3)cc1. The van der Waals surface area contributed by atoms with Gasteiger partial charge in [0.05, 0.1) is 17.1 Å². The third-order valence-corrected chi connectivity index (χ3v) is 8.68. The first-order valence-corrected chi connectivity index (χ1v) is 15.1. The van der Waals surface area contributed by atoms with E-state index >= 15 is 0 Å². The van der Waals surface area contributed by atoms with Crippen LogP contribution in [0, 0.1) is 0 Å². The normalized spacial score (nSPS) is 18.7. The first kappa shape index (κ1) is 30.9. The second-order valence-corrected chi connectivity index (χ2v) is 11.5. The van der Waals surface area contributed by atoms with Gasteiger partial charge in [0, 0.05) is 42.2 Å². The largest absolute Gasteiger partial charge is 0.351 e. The molecule has 4 N–H and O–H groups in total. The van der Waals surface area contributed by atoms with Gasteiger partial charge < -0.3 is 20.8 Å². The molecule has 0 bridgehead atoms. The number of aliphatic imine (C=N–C) groups is 2. The van der Waals surface area contributed by atoms with Gasteiger partial charge >= 0.3 is 17.6 Å². The molecule has 0 radical (unpaired) electrons. The number of amides is 3. The number of rotatable bonds is 5. The molecule has 228 valence electrons. The molecule has 3 amide bonds. The molecule has 6 rings (SSSR count). The molecule has 11 nitrogen and oxygen atoms in total. The molecule has 0 spiro atoms. The number of fused-ring (bicyclic) bond motifs is 2. The number of aliphatic hydroxyl groups is 2. The fourth-order valence-corrected chi connectivity index (χ4v) is 6.09. The number of hydrogen-bond donors (Lipinski definition) is 4. The molecule has 2 aromatic carbocycles. The molecule has 4 heterocycles. The number of carbonyl (C=O) groups is 3. The minimum Gasteiger partial charge on any atom is -0.351 e. The van der Waals surface area contributed by atoms with Crippen LogP contribution in [0.1, 0.15) is 49.0 Å². The summed E-state index contributed by atoms with van der Waals surface area (Å²) in [4.78, 5) is 48.2. The molecular formula is C32H34N6O5S. The fraction of sp³-hybridized carbons (Fsp3) is 0.281. The quantitative estimate of drug-likeness (QED) is 0.224. The molecule has 0 unspecified atom stereocenters. The lowest BCUT2D eigenvalue weighted by Crippen LogP contribution is -2.43. The van der Waals surface area contributed by atoms with Crippen LogP contribution >= 0.6 is 11.8 Å². The maximum Gasteiger partial charge on any atom is 0.330 e. The molecule has 0 saturated carbocycles. The van der Waals surface area contributed by atoms with E-state index in [0.29, 0.717) is 23.4 Å². The van der Waals surface area contributed by atoms with E-state index in [1.807, 2.05) is 56.6 Å². The lowest BCUT2D eigenvalue weighted by molar-refractivity contribution is -0.186. The van der Waals surface area contributed by atoms with Crippen molar-refractivity contribution in [1.29, 1.82) is 0 Å². The molecule has 0 atom stereocenters. The van der Waals surface area contributed by atoms with Gasteiger partial charge in [-0.2, -0.15) is 0 Å². The number of hydrogen-bond acceptors (Lipinski definition) is 9. The third kappa shape index (κ3) is 6.23. The van der Waals surface area contributed by atoms with Crippen LogP contribution in [0.5, 0.6) is 0 Å². The van der Waals surface area contributed by atoms with E-state index in [4.69, 9.17) is 4.99 Å².